The summed E-state index contributed by atoms with van der Waals surface area (Å²) >= 11 is 1.67. The summed E-state index contributed by atoms with van der Waals surface area (Å²) in [6.45, 7) is 4.01. The zero-order valence-corrected chi connectivity index (χ0v) is 12.0. The normalized spacial score (nSPS) is 12.2. The van der Waals surface area contributed by atoms with Crippen molar-refractivity contribution in [3.63, 3.8) is 0 Å². The van der Waals surface area contributed by atoms with Gasteiger partial charge in [-0.25, -0.2) is 4.39 Å². The van der Waals surface area contributed by atoms with Crippen molar-refractivity contribution in [2.75, 3.05) is 5.32 Å². The molecule has 0 fully saturated rings. The number of nitro groups is 1. The summed E-state index contributed by atoms with van der Waals surface area (Å²) in [7, 11) is 0. The Balaban J connectivity index is 2.23. The van der Waals surface area contributed by atoms with Crippen LogP contribution in [-0.2, 0) is 6.42 Å². The molecule has 0 spiro atoms. The van der Waals surface area contributed by atoms with Gasteiger partial charge >= 0.3 is 0 Å². The van der Waals surface area contributed by atoms with Crippen molar-refractivity contribution in [2.24, 2.45) is 0 Å². The number of benzene rings is 1. The Kier molecular flexibility index (Phi) is 4.34. The Labute approximate surface area is 120 Å². The highest BCUT2D eigenvalue weighted by molar-refractivity contribution is 7.12. The number of nitrogens with one attached hydrogen (secondary N) is 1. The Hall–Kier alpha value is -1.95. The molecular formula is C14H15FN2O2S. The molecule has 0 bridgehead atoms. The summed E-state index contributed by atoms with van der Waals surface area (Å²) in [4.78, 5) is 12.7. The molecule has 20 heavy (non-hydrogen) atoms. The van der Waals surface area contributed by atoms with Gasteiger partial charge in [0.25, 0.3) is 5.69 Å². The van der Waals surface area contributed by atoms with E-state index in [1.165, 1.54) is 17.0 Å². The third-order valence-electron chi connectivity index (χ3n) is 2.99. The number of nitrogens with zero attached hydrogens (tertiary/aromatic N) is 1. The van der Waals surface area contributed by atoms with Crippen LogP contribution >= 0.6 is 11.3 Å². The monoisotopic (exact) mass is 294 g/mol. The van der Waals surface area contributed by atoms with Crippen LogP contribution in [0.1, 0.15) is 29.6 Å². The van der Waals surface area contributed by atoms with Crippen LogP contribution in [0.5, 0.6) is 0 Å². The molecule has 1 aromatic carbocycles. The van der Waals surface area contributed by atoms with E-state index in [4.69, 9.17) is 0 Å². The predicted octanol–water partition coefficient (Wildman–Crippen LogP) is 4.53. The van der Waals surface area contributed by atoms with Crippen molar-refractivity contribution in [3.05, 3.63) is 56.0 Å². The van der Waals surface area contributed by atoms with E-state index < -0.39 is 10.7 Å². The highest BCUT2D eigenvalue weighted by Gasteiger charge is 2.17. The van der Waals surface area contributed by atoms with Crippen molar-refractivity contribution < 1.29 is 9.31 Å². The molecule has 0 aliphatic rings. The number of hydrogen-bond acceptors (Lipinski definition) is 4. The summed E-state index contributed by atoms with van der Waals surface area (Å²) in [5.41, 5.74) is 0.0828. The van der Waals surface area contributed by atoms with Crippen LogP contribution in [0.4, 0.5) is 15.8 Å². The van der Waals surface area contributed by atoms with Crippen molar-refractivity contribution >= 4 is 22.7 Å². The van der Waals surface area contributed by atoms with E-state index in [0.717, 1.165) is 17.4 Å². The Morgan fingerprint density at radius 2 is 2.15 bits per heavy atom. The van der Waals surface area contributed by atoms with Gasteiger partial charge in [-0.15, -0.1) is 11.3 Å². The van der Waals surface area contributed by atoms with Crippen molar-refractivity contribution in [1.29, 1.82) is 0 Å². The van der Waals surface area contributed by atoms with E-state index in [1.807, 2.05) is 13.0 Å². The Morgan fingerprint density at radius 3 is 2.75 bits per heavy atom. The van der Waals surface area contributed by atoms with E-state index >= 15 is 0 Å². The lowest BCUT2D eigenvalue weighted by atomic mass is 10.2. The molecule has 2 rings (SSSR count). The fraction of sp³-hybridized carbons (Fsp3) is 0.286. The number of anilines is 1. The molecule has 0 amide bonds. The van der Waals surface area contributed by atoms with Crippen molar-refractivity contribution in [1.82, 2.24) is 0 Å². The molecule has 1 atom stereocenters. The number of nitro benzene ring substituents is 1. The zero-order chi connectivity index (χ0) is 14.7. The molecule has 0 aliphatic carbocycles. The van der Waals surface area contributed by atoms with Crippen LogP contribution in [0.15, 0.2) is 30.3 Å². The number of aryl methyl sites for hydroxylation is 1. The number of halogens is 1. The van der Waals surface area contributed by atoms with Gasteiger partial charge in [0.2, 0.25) is 0 Å². The second-order valence-electron chi connectivity index (χ2n) is 4.44. The fourth-order valence-corrected chi connectivity index (χ4v) is 2.85. The smallest absolute Gasteiger partial charge is 0.295 e. The van der Waals surface area contributed by atoms with Crippen LogP contribution in [0.3, 0.4) is 0 Å². The first-order valence-corrected chi connectivity index (χ1v) is 7.12. The van der Waals surface area contributed by atoms with Gasteiger partial charge in [0.1, 0.15) is 11.5 Å². The Bertz CT molecular complexity index is 627. The third kappa shape index (κ3) is 3.14. The summed E-state index contributed by atoms with van der Waals surface area (Å²) in [6, 6.07) is 7.55. The molecule has 0 aliphatic heterocycles. The number of hydrogen-bond donors (Lipinski definition) is 1. The van der Waals surface area contributed by atoms with E-state index in [2.05, 4.69) is 18.3 Å². The lowest BCUT2D eigenvalue weighted by Crippen LogP contribution is -2.07. The lowest BCUT2D eigenvalue weighted by Gasteiger charge is -2.13. The van der Waals surface area contributed by atoms with E-state index in [1.54, 1.807) is 11.3 Å². The average molecular weight is 294 g/mol. The van der Waals surface area contributed by atoms with Gasteiger partial charge in [-0.1, -0.05) is 6.92 Å². The van der Waals surface area contributed by atoms with Gasteiger partial charge in [0, 0.05) is 9.75 Å². The lowest BCUT2D eigenvalue weighted by molar-refractivity contribution is -0.384. The maximum Gasteiger partial charge on any atom is 0.295 e. The largest absolute Gasteiger partial charge is 0.372 e. The van der Waals surface area contributed by atoms with Crippen LogP contribution in [0, 0.1) is 15.9 Å². The maximum atomic E-state index is 13.1. The molecule has 2 aromatic rings. The molecule has 0 saturated heterocycles. The summed E-state index contributed by atoms with van der Waals surface area (Å²) in [5, 5.41) is 14.0. The highest BCUT2D eigenvalue weighted by atomic mass is 32.1. The van der Waals surface area contributed by atoms with Gasteiger partial charge in [0.05, 0.1) is 17.0 Å². The number of rotatable bonds is 5. The molecule has 1 N–H and O–H groups in total. The minimum atomic E-state index is -0.612. The number of thiophene rings is 1. The molecule has 6 heteroatoms. The molecule has 106 valence electrons. The van der Waals surface area contributed by atoms with Gasteiger partial charge in [-0.05, 0) is 37.6 Å². The first-order valence-electron chi connectivity index (χ1n) is 6.30. The van der Waals surface area contributed by atoms with Crippen LogP contribution in [0.25, 0.3) is 0 Å². The van der Waals surface area contributed by atoms with Gasteiger partial charge < -0.3 is 5.32 Å². The van der Waals surface area contributed by atoms with E-state index in [9.17, 15) is 14.5 Å². The second kappa shape index (κ2) is 6.00. The topological polar surface area (TPSA) is 55.2 Å². The summed E-state index contributed by atoms with van der Waals surface area (Å²) in [5.74, 6) is -0.612. The summed E-state index contributed by atoms with van der Waals surface area (Å²) in [6.07, 6.45) is 0.966. The maximum absolute atomic E-state index is 13.1. The minimum absolute atomic E-state index is 0.0653. The fourth-order valence-electron chi connectivity index (χ4n) is 1.90. The zero-order valence-electron chi connectivity index (χ0n) is 11.2. The van der Waals surface area contributed by atoms with Crippen LogP contribution < -0.4 is 5.32 Å². The average Bonchev–Trinajstić information content (AvgIpc) is 2.89. The van der Waals surface area contributed by atoms with Gasteiger partial charge in [-0.3, -0.25) is 10.1 Å². The standard InChI is InChI=1S/C14H15FN2O2S/c1-3-11-5-7-14(20-11)9(2)16-12-6-4-10(15)8-13(12)17(18)19/h4-9,16H,3H2,1-2H3. The van der Waals surface area contributed by atoms with Crippen LogP contribution in [0.2, 0.25) is 0 Å². The molecule has 0 saturated carbocycles. The molecule has 4 nitrogen and oxygen atoms in total. The van der Waals surface area contributed by atoms with Crippen molar-refractivity contribution in [2.45, 2.75) is 26.3 Å². The quantitative estimate of drug-likeness (QED) is 0.651. The SMILES string of the molecule is CCc1ccc(C(C)Nc2ccc(F)cc2[N+](=O)[O-])s1. The molecular weight excluding hydrogens is 279 g/mol. The molecule has 1 heterocycles. The third-order valence-corrected chi connectivity index (χ3v) is 4.40. The molecule has 1 aromatic heterocycles. The highest BCUT2D eigenvalue weighted by Crippen LogP contribution is 2.31. The van der Waals surface area contributed by atoms with Gasteiger partial charge in [0.15, 0.2) is 0 Å². The Morgan fingerprint density at radius 1 is 1.40 bits per heavy atom. The van der Waals surface area contributed by atoms with E-state index in [-0.39, 0.29) is 11.7 Å². The van der Waals surface area contributed by atoms with E-state index in [0.29, 0.717) is 5.69 Å². The second-order valence-corrected chi connectivity index (χ2v) is 5.64. The van der Waals surface area contributed by atoms with Crippen LogP contribution in [-0.4, -0.2) is 4.92 Å². The van der Waals surface area contributed by atoms with Gasteiger partial charge in [-0.2, -0.15) is 0 Å². The molecule has 1 unspecified atom stereocenters. The first-order chi connectivity index (χ1) is 9.51. The van der Waals surface area contributed by atoms with Crippen molar-refractivity contribution in [3.8, 4) is 0 Å². The predicted molar refractivity (Wildman–Crippen MR) is 78.8 cm³/mol. The first kappa shape index (κ1) is 14.5. The summed E-state index contributed by atoms with van der Waals surface area (Å²) < 4.78 is 13.1. The molecule has 0 radical (unpaired) electrons. The minimum Gasteiger partial charge on any atom is -0.372 e.